The molecule has 2 unspecified atom stereocenters. The lowest BCUT2D eigenvalue weighted by atomic mass is 10.1. The van der Waals surface area contributed by atoms with Crippen molar-refractivity contribution in [3.63, 3.8) is 0 Å². The minimum atomic E-state index is 0.720. The molecule has 1 aliphatic heterocycles. The fourth-order valence-electron chi connectivity index (χ4n) is 3.71. The van der Waals surface area contributed by atoms with E-state index in [0.717, 1.165) is 23.9 Å². The Hall–Kier alpha value is -0.380. The molecule has 2 heterocycles. The van der Waals surface area contributed by atoms with Gasteiger partial charge in [-0.15, -0.1) is 11.3 Å². The predicted molar refractivity (Wildman–Crippen MR) is 85.1 cm³/mol. The first-order valence-corrected chi connectivity index (χ1v) is 9.29. The van der Waals surface area contributed by atoms with E-state index in [1.54, 1.807) is 4.88 Å². The highest BCUT2D eigenvalue weighted by molar-refractivity contribution is 7.10. The number of nitrogens with zero attached hydrogens (tertiary/aromatic N) is 1. The monoisotopic (exact) mass is 290 g/mol. The minimum Gasteiger partial charge on any atom is -0.313 e. The molecule has 1 N–H and O–H groups in total. The Kier molecular flexibility index (Phi) is 3.84. The lowest BCUT2D eigenvalue weighted by Crippen LogP contribution is -2.41. The number of hydrogen-bond acceptors (Lipinski definition) is 3. The van der Waals surface area contributed by atoms with E-state index in [1.165, 1.54) is 58.2 Å². The van der Waals surface area contributed by atoms with Gasteiger partial charge in [-0.2, -0.15) is 0 Å². The van der Waals surface area contributed by atoms with Crippen molar-refractivity contribution in [2.45, 2.75) is 50.6 Å². The molecule has 3 fully saturated rings. The summed E-state index contributed by atoms with van der Waals surface area (Å²) in [4.78, 5) is 4.47. The number of thiophene rings is 1. The first-order valence-electron chi connectivity index (χ1n) is 8.41. The van der Waals surface area contributed by atoms with E-state index in [1.807, 2.05) is 11.3 Å². The third-order valence-corrected chi connectivity index (χ3v) is 6.05. The van der Waals surface area contributed by atoms with Gasteiger partial charge in [-0.05, 0) is 68.4 Å². The van der Waals surface area contributed by atoms with E-state index >= 15 is 0 Å². The van der Waals surface area contributed by atoms with Crippen molar-refractivity contribution in [2.75, 3.05) is 19.6 Å². The van der Waals surface area contributed by atoms with Crippen LogP contribution in [0.2, 0.25) is 0 Å². The molecule has 110 valence electrons. The fraction of sp³-hybridized carbons (Fsp3) is 0.765. The van der Waals surface area contributed by atoms with Gasteiger partial charge in [0.2, 0.25) is 0 Å². The molecule has 1 saturated heterocycles. The summed E-state index contributed by atoms with van der Waals surface area (Å²) in [5.74, 6) is 1.94. The largest absolute Gasteiger partial charge is 0.313 e. The molecule has 3 aliphatic rings. The van der Waals surface area contributed by atoms with Crippen LogP contribution in [0.25, 0.3) is 0 Å². The van der Waals surface area contributed by atoms with E-state index in [4.69, 9.17) is 0 Å². The van der Waals surface area contributed by atoms with E-state index in [9.17, 15) is 0 Å². The van der Waals surface area contributed by atoms with Gasteiger partial charge in [-0.3, -0.25) is 4.90 Å². The number of hydrogen-bond donors (Lipinski definition) is 1. The van der Waals surface area contributed by atoms with Crippen LogP contribution in [0.1, 0.15) is 49.4 Å². The number of nitrogens with one attached hydrogen (secondary N) is 1. The van der Waals surface area contributed by atoms with Crippen molar-refractivity contribution in [1.29, 1.82) is 0 Å². The number of rotatable bonds is 7. The lowest BCUT2D eigenvalue weighted by molar-refractivity contribution is 0.157. The van der Waals surface area contributed by atoms with Crippen molar-refractivity contribution in [3.05, 3.63) is 22.4 Å². The molecule has 1 aromatic heterocycles. The van der Waals surface area contributed by atoms with Crippen LogP contribution in [0.15, 0.2) is 17.5 Å². The van der Waals surface area contributed by atoms with Gasteiger partial charge in [0.1, 0.15) is 0 Å². The first kappa shape index (κ1) is 13.3. The summed E-state index contributed by atoms with van der Waals surface area (Å²) in [6, 6.07) is 6.07. The Labute approximate surface area is 126 Å². The highest BCUT2D eigenvalue weighted by Gasteiger charge is 2.39. The maximum atomic E-state index is 3.70. The van der Waals surface area contributed by atoms with Crippen molar-refractivity contribution < 1.29 is 0 Å². The van der Waals surface area contributed by atoms with Crippen LogP contribution in [0, 0.1) is 11.8 Å². The van der Waals surface area contributed by atoms with Crippen molar-refractivity contribution in [3.8, 4) is 0 Å². The quantitative estimate of drug-likeness (QED) is 0.824. The van der Waals surface area contributed by atoms with Gasteiger partial charge in [-0.1, -0.05) is 6.07 Å². The molecule has 0 aromatic carbocycles. The summed E-state index contributed by atoms with van der Waals surface area (Å²) in [7, 11) is 0. The summed E-state index contributed by atoms with van der Waals surface area (Å²) in [6.07, 6.45) is 8.58. The lowest BCUT2D eigenvalue weighted by Gasteiger charge is -2.33. The Morgan fingerprint density at radius 1 is 1.20 bits per heavy atom. The zero-order valence-electron chi connectivity index (χ0n) is 12.3. The van der Waals surface area contributed by atoms with Gasteiger partial charge in [0.15, 0.2) is 0 Å². The highest BCUT2D eigenvalue weighted by Crippen LogP contribution is 2.47. The SMILES string of the molecule is c1csc(C(C2CC2)N(CC2CC2)CC2CCCN2)c1. The maximum Gasteiger partial charge on any atom is 0.0470 e. The van der Waals surface area contributed by atoms with Gasteiger partial charge in [0.25, 0.3) is 0 Å². The van der Waals surface area contributed by atoms with Crippen molar-refractivity contribution >= 4 is 11.3 Å². The van der Waals surface area contributed by atoms with Crippen LogP contribution in [-0.2, 0) is 0 Å². The molecular formula is C17H26N2S. The van der Waals surface area contributed by atoms with Crippen LogP contribution < -0.4 is 5.32 Å². The van der Waals surface area contributed by atoms with Crippen LogP contribution in [-0.4, -0.2) is 30.6 Å². The minimum absolute atomic E-state index is 0.720. The Morgan fingerprint density at radius 2 is 2.10 bits per heavy atom. The second kappa shape index (κ2) is 5.78. The molecule has 0 amide bonds. The third-order valence-electron chi connectivity index (χ3n) is 5.10. The molecule has 3 heteroatoms. The molecular weight excluding hydrogens is 264 g/mol. The van der Waals surface area contributed by atoms with Crippen LogP contribution in [0.5, 0.6) is 0 Å². The average Bonchev–Trinajstić information content (AvgIpc) is 3.33. The first-order chi connectivity index (χ1) is 9.90. The summed E-state index contributed by atoms with van der Waals surface area (Å²) in [5, 5.41) is 5.96. The normalized spacial score (nSPS) is 28.1. The van der Waals surface area contributed by atoms with Gasteiger partial charge >= 0.3 is 0 Å². The zero-order chi connectivity index (χ0) is 13.4. The molecule has 2 aliphatic carbocycles. The van der Waals surface area contributed by atoms with E-state index in [2.05, 4.69) is 27.7 Å². The van der Waals surface area contributed by atoms with Crippen LogP contribution >= 0.6 is 11.3 Å². The second-order valence-electron chi connectivity index (χ2n) is 6.99. The Morgan fingerprint density at radius 3 is 2.70 bits per heavy atom. The van der Waals surface area contributed by atoms with E-state index < -0.39 is 0 Å². The van der Waals surface area contributed by atoms with Crippen LogP contribution in [0.4, 0.5) is 0 Å². The molecule has 2 saturated carbocycles. The van der Waals surface area contributed by atoms with Gasteiger partial charge in [0, 0.05) is 30.1 Å². The molecule has 0 radical (unpaired) electrons. The Balaban J connectivity index is 1.50. The van der Waals surface area contributed by atoms with Crippen LogP contribution in [0.3, 0.4) is 0 Å². The fourth-order valence-corrected chi connectivity index (χ4v) is 4.66. The third kappa shape index (κ3) is 3.10. The van der Waals surface area contributed by atoms with Gasteiger partial charge < -0.3 is 5.32 Å². The summed E-state index contributed by atoms with van der Waals surface area (Å²) in [6.45, 7) is 3.85. The van der Waals surface area contributed by atoms with Gasteiger partial charge in [0.05, 0.1) is 0 Å². The predicted octanol–water partition coefficient (Wildman–Crippen LogP) is 3.66. The van der Waals surface area contributed by atoms with E-state index in [-0.39, 0.29) is 0 Å². The van der Waals surface area contributed by atoms with Crippen molar-refractivity contribution in [1.82, 2.24) is 10.2 Å². The summed E-state index contributed by atoms with van der Waals surface area (Å²) in [5.41, 5.74) is 0. The smallest absolute Gasteiger partial charge is 0.0470 e. The molecule has 2 nitrogen and oxygen atoms in total. The molecule has 20 heavy (non-hydrogen) atoms. The molecule has 1 aromatic rings. The Bertz CT molecular complexity index is 416. The second-order valence-corrected chi connectivity index (χ2v) is 7.97. The highest BCUT2D eigenvalue weighted by atomic mass is 32.1. The maximum absolute atomic E-state index is 3.70. The summed E-state index contributed by atoms with van der Waals surface area (Å²) >= 11 is 1.97. The molecule has 2 atom stereocenters. The average molecular weight is 290 g/mol. The van der Waals surface area contributed by atoms with Crippen molar-refractivity contribution in [2.24, 2.45) is 11.8 Å². The topological polar surface area (TPSA) is 15.3 Å². The van der Waals surface area contributed by atoms with Gasteiger partial charge in [-0.25, -0.2) is 0 Å². The molecule has 4 rings (SSSR count). The molecule has 0 spiro atoms. The molecule has 0 bridgehead atoms. The summed E-state index contributed by atoms with van der Waals surface area (Å²) < 4.78 is 0. The van der Waals surface area contributed by atoms with E-state index in [0.29, 0.717) is 0 Å². The standard InChI is InChI=1S/C17H26N2S/c1-3-15(18-9-1)12-19(11-13-5-6-13)17(14-7-8-14)16-4-2-10-20-16/h2,4,10,13-15,17-18H,1,3,5-9,11-12H2. The zero-order valence-corrected chi connectivity index (χ0v) is 13.1.